The number of benzene rings is 2. The Morgan fingerprint density at radius 2 is 1.92 bits per heavy atom. The number of anilines is 2. The van der Waals surface area contributed by atoms with E-state index in [4.69, 9.17) is 9.47 Å². The van der Waals surface area contributed by atoms with E-state index in [0.717, 1.165) is 17.9 Å². The Morgan fingerprint density at radius 3 is 2.64 bits per heavy atom. The second-order valence-electron chi connectivity index (χ2n) is 9.40. The Hall–Kier alpha value is -3.30. The number of urea groups is 1. The largest absolute Gasteiger partial charge is 0.497 e. The minimum atomic E-state index is -2.28. The normalized spacial score (nSPS) is 20.0. The number of fused-ring (bicyclic) bond motifs is 1. The first kappa shape index (κ1) is 25.8. The fourth-order valence-corrected chi connectivity index (χ4v) is 5.17. The van der Waals surface area contributed by atoms with Gasteiger partial charge in [0.05, 0.1) is 25.6 Å². The van der Waals surface area contributed by atoms with Gasteiger partial charge in [-0.3, -0.25) is 4.79 Å². The van der Waals surface area contributed by atoms with Gasteiger partial charge in [-0.2, -0.15) is 0 Å². The van der Waals surface area contributed by atoms with E-state index in [1.807, 2.05) is 0 Å². The van der Waals surface area contributed by atoms with Crippen LogP contribution in [0.2, 0.25) is 0 Å². The van der Waals surface area contributed by atoms with Crippen molar-refractivity contribution in [1.29, 1.82) is 0 Å². The summed E-state index contributed by atoms with van der Waals surface area (Å²) in [5.74, 6) is 0.121. The third kappa shape index (κ3) is 4.99. The number of carbonyl (C=O) groups excluding carboxylic acids is 2. The quantitative estimate of drug-likeness (QED) is 0.458. The molecule has 0 radical (unpaired) electrons. The van der Waals surface area contributed by atoms with E-state index in [1.54, 1.807) is 42.5 Å². The zero-order valence-electron chi connectivity index (χ0n) is 21.3. The topological polar surface area (TPSA) is 103 Å². The molecule has 0 aromatic heterocycles. The van der Waals surface area contributed by atoms with Crippen LogP contribution in [0.4, 0.5) is 16.2 Å². The van der Waals surface area contributed by atoms with Gasteiger partial charge in [-0.05, 0) is 51.1 Å². The van der Waals surface area contributed by atoms with Crippen LogP contribution >= 0.6 is 0 Å². The molecule has 1 saturated carbocycles. The van der Waals surface area contributed by atoms with E-state index in [-0.39, 0.29) is 17.0 Å². The monoisotopic (exact) mass is 496 g/mol. The molecular formula is C27H36N4O5. The van der Waals surface area contributed by atoms with Gasteiger partial charge in [0, 0.05) is 24.2 Å². The van der Waals surface area contributed by atoms with Gasteiger partial charge < -0.3 is 30.1 Å². The van der Waals surface area contributed by atoms with E-state index in [1.165, 1.54) is 46.3 Å². The summed E-state index contributed by atoms with van der Waals surface area (Å²) in [5.41, 5.74) is -1.39. The Balaban J connectivity index is 1.57. The molecule has 1 heterocycles. The van der Waals surface area contributed by atoms with Crippen LogP contribution in [0.25, 0.3) is 0 Å². The summed E-state index contributed by atoms with van der Waals surface area (Å²) >= 11 is 0. The lowest BCUT2D eigenvalue weighted by Gasteiger charge is -2.43. The Kier molecular flexibility index (Phi) is 8.01. The standard InChI is InChI=1S/C27H36N4O5/c1-30(19-10-5-4-6-11-19)17-9-16-28-25(32)27(34)21-12-7-8-13-22(21)29-26(33)31(27)23-15-14-20(35-2)18-24(23)36-3/h7-8,12-15,18-19,34H,4-6,9-11,16-17H2,1-3H3,(H,28,32)(H,29,33)/t27-/m1/s1. The van der Waals surface area contributed by atoms with E-state index < -0.39 is 17.7 Å². The van der Waals surface area contributed by atoms with Crippen molar-refractivity contribution in [2.75, 3.05) is 44.6 Å². The van der Waals surface area contributed by atoms with Gasteiger partial charge in [0.1, 0.15) is 11.5 Å². The molecule has 1 aliphatic heterocycles. The number of hydrogen-bond acceptors (Lipinski definition) is 6. The summed E-state index contributed by atoms with van der Waals surface area (Å²) in [5, 5.41) is 17.6. The minimum Gasteiger partial charge on any atom is -0.497 e. The molecule has 1 aliphatic carbocycles. The molecule has 2 aromatic carbocycles. The van der Waals surface area contributed by atoms with Crippen LogP contribution in [-0.4, -0.2) is 62.3 Å². The van der Waals surface area contributed by atoms with Crippen molar-refractivity contribution in [2.24, 2.45) is 0 Å². The lowest BCUT2D eigenvalue weighted by molar-refractivity contribution is -0.140. The highest BCUT2D eigenvalue weighted by molar-refractivity contribution is 6.12. The number of hydrogen-bond donors (Lipinski definition) is 3. The van der Waals surface area contributed by atoms with Crippen LogP contribution in [-0.2, 0) is 10.5 Å². The molecule has 3 N–H and O–H groups in total. The molecule has 1 atom stereocenters. The van der Waals surface area contributed by atoms with Crippen LogP contribution in [0.3, 0.4) is 0 Å². The maximum absolute atomic E-state index is 13.6. The van der Waals surface area contributed by atoms with Crippen molar-refractivity contribution in [3.8, 4) is 11.5 Å². The van der Waals surface area contributed by atoms with Gasteiger partial charge in [0.15, 0.2) is 0 Å². The van der Waals surface area contributed by atoms with Gasteiger partial charge in [0.25, 0.3) is 11.6 Å². The van der Waals surface area contributed by atoms with Crippen LogP contribution in [0.1, 0.15) is 44.1 Å². The van der Waals surface area contributed by atoms with Crippen molar-refractivity contribution < 1.29 is 24.2 Å². The van der Waals surface area contributed by atoms with Crippen LogP contribution < -0.4 is 25.0 Å². The fourth-order valence-electron chi connectivity index (χ4n) is 5.17. The molecule has 9 nitrogen and oxygen atoms in total. The summed E-state index contributed by atoms with van der Waals surface area (Å²) in [6.45, 7) is 1.21. The summed E-state index contributed by atoms with van der Waals surface area (Å²) in [4.78, 5) is 30.3. The Morgan fingerprint density at radius 1 is 1.17 bits per heavy atom. The third-order valence-electron chi connectivity index (χ3n) is 7.19. The fraction of sp³-hybridized carbons (Fsp3) is 0.481. The Bertz CT molecular complexity index is 1090. The van der Waals surface area contributed by atoms with Crippen LogP contribution in [0.15, 0.2) is 42.5 Å². The average Bonchev–Trinajstić information content (AvgIpc) is 2.91. The van der Waals surface area contributed by atoms with Gasteiger partial charge in [-0.15, -0.1) is 0 Å². The molecule has 0 spiro atoms. The van der Waals surface area contributed by atoms with Gasteiger partial charge >= 0.3 is 6.03 Å². The number of para-hydroxylation sites is 1. The molecule has 9 heteroatoms. The predicted octanol–water partition coefficient (Wildman–Crippen LogP) is 3.67. The second kappa shape index (κ2) is 11.2. The average molecular weight is 497 g/mol. The molecule has 194 valence electrons. The van der Waals surface area contributed by atoms with Crippen molar-refractivity contribution in [3.63, 3.8) is 0 Å². The van der Waals surface area contributed by atoms with Gasteiger partial charge in [-0.25, -0.2) is 9.69 Å². The van der Waals surface area contributed by atoms with E-state index in [2.05, 4.69) is 22.6 Å². The summed E-state index contributed by atoms with van der Waals surface area (Å²) < 4.78 is 10.7. The second-order valence-corrected chi connectivity index (χ2v) is 9.40. The first-order valence-corrected chi connectivity index (χ1v) is 12.5. The molecular weight excluding hydrogens is 460 g/mol. The van der Waals surface area contributed by atoms with Crippen molar-refractivity contribution >= 4 is 23.3 Å². The summed E-state index contributed by atoms with van der Waals surface area (Å²) in [6, 6.07) is 11.5. The first-order chi connectivity index (χ1) is 17.4. The molecule has 36 heavy (non-hydrogen) atoms. The maximum atomic E-state index is 13.6. The Labute approximate surface area is 212 Å². The smallest absolute Gasteiger partial charge is 0.329 e. The van der Waals surface area contributed by atoms with Gasteiger partial charge in [0.2, 0.25) is 0 Å². The molecule has 2 aliphatic rings. The number of rotatable bonds is 9. The first-order valence-electron chi connectivity index (χ1n) is 12.5. The van der Waals surface area contributed by atoms with Crippen molar-refractivity contribution in [3.05, 3.63) is 48.0 Å². The minimum absolute atomic E-state index is 0.236. The highest BCUT2D eigenvalue weighted by Crippen LogP contribution is 2.43. The van der Waals surface area contributed by atoms with Crippen molar-refractivity contribution in [1.82, 2.24) is 10.2 Å². The highest BCUT2D eigenvalue weighted by atomic mass is 16.5. The SMILES string of the molecule is COc1ccc(N2C(=O)Nc3ccccc3[C@@]2(O)C(=O)NCCCN(C)C2CCCCC2)c(OC)c1. The summed E-state index contributed by atoms with van der Waals surface area (Å²) in [6.07, 6.45) is 7.01. The zero-order valence-corrected chi connectivity index (χ0v) is 21.3. The molecule has 4 rings (SSSR count). The number of nitrogens with one attached hydrogen (secondary N) is 2. The highest BCUT2D eigenvalue weighted by Gasteiger charge is 2.52. The number of nitrogens with zero attached hydrogens (tertiary/aromatic N) is 2. The molecule has 3 amide bonds. The van der Waals surface area contributed by atoms with E-state index in [9.17, 15) is 14.7 Å². The summed E-state index contributed by atoms with van der Waals surface area (Å²) in [7, 11) is 5.11. The number of methoxy groups -OCH3 is 2. The molecule has 0 unspecified atom stereocenters. The number of amides is 3. The number of ether oxygens (including phenoxy) is 2. The molecule has 2 aromatic rings. The molecule has 0 saturated heterocycles. The molecule has 0 bridgehead atoms. The molecule has 1 fully saturated rings. The number of carbonyl (C=O) groups is 2. The zero-order chi connectivity index (χ0) is 25.7. The van der Waals surface area contributed by atoms with Gasteiger partial charge in [-0.1, -0.05) is 37.5 Å². The van der Waals surface area contributed by atoms with E-state index in [0.29, 0.717) is 24.0 Å². The van der Waals surface area contributed by atoms with Crippen molar-refractivity contribution in [2.45, 2.75) is 50.3 Å². The van der Waals surface area contributed by atoms with Crippen LogP contribution in [0.5, 0.6) is 11.5 Å². The number of aliphatic hydroxyl groups is 1. The lowest BCUT2D eigenvalue weighted by atomic mass is 9.94. The third-order valence-corrected chi connectivity index (χ3v) is 7.19. The maximum Gasteiger partial charge on any atom is 0.329 e. The predicted molar refractivity (Wildman–Crippen MR) is 139 cm³/mol. The lowest BCUT2D eigenvalue weighted by Crippen LogP contribution is -2.62. The van der Waals surface area contributed by atoms with Crippen LogP contribution in [0, 0.1) is 0 Å². The van der Waals surface area contributed by atoms with E-state index >= 15 is 0 Å².